The minimum atomic E-state index is -0.799. The van der Waals surface area contributed by atoms with Crippen molar-refractivity contribution in [2.24, 2.45) is 5.92 Å². The molecule has 0 spiro atoms. The summed E-state index contributed by atoms with van der Waals surface area (Å²) in [6, 6.07) is 7.35. The van der Waals surface area contributed by atoms with E-state index < -0.39 is 5.60 Å². The number of nitrogens with zero attached hydrogens (tertiary/aromatic N) is 2. The van der Waals surface area contributed by atoms with Gasteiger partial charge in [0.1, 0.15) is 23.3 Å². The van der Waals surface area contributed by atoms with Gasteiger partial charge in [0, 0.05) is 24.6 Å². The van der Waals surface area contributed by atoms with Crippen molar-refractivity contribution in [3.8, 4) is 17.0 Å². The van der Waals surface area contributed by atoms with Gasteiger partial charge in [0.05, 0.1) is 12.7 Å². The van der Waals surface area contributed by atoms with Gasteiger partial charge in [-0.2, -0.15) is 0 Å². The molecule has 1 saturated heterocycles. The zero-order valence-electron chi connectivity index (χ0n) is 14.9. The van der Waals surface area contributed by atoms with Gasteiger partial charge >= 0.3 is 0 Å². The molecule has 1 aliphatic heterocycles. The van der Waals surface area contributed by atoms with Crippen LogP contribution in [0.25, 0.3) is 11.3 Å². The molecule has 1 aliphatic rings. The van der Waals surface area contributed by atoms with E-state index in [0.29, 0.717) is 24.3 Å². The lowest BCUT2D eigenvalue weighted by atomic mass is 9.84. The van der Waals surface area contributed by atoms with Gasteiger partial charge < -0.3 is 19.3 Å². The number of likely N-dealkylation sites (tertiary alicyclic amines) is 1. The predicted molar refractivity (Wildman–Crippen MR) is 93.4 cm³/mol. The second kappa shape index (κ2) is 6.88. The van der Waals surface area contributed by atoms with Crippen LogP contribution in [0.1, 0.15) is 37.0 Å². The molecule has 1 aromatic heterocycles. The summed E-state index contributed by atoms with van der Waals surface area (Å²) in [4.78, 5) is 14.8. The molecule has 0 aliphatic carbocycles. The van der Waals surface area contributed by atoms with Crippen LogP contribution in [0.5, 0.6) is 5.75 Å². The molecule has 6 nitrogen and oxygen atoms in total. The Kier molecular flexibility index (Phi) is 4.81. The molecule has 134 valence electrons. The Morgan fingerprint density at radius 2 is 2.08 bits per heavy atom. The number of aliphatic hydroxyl groups is 1. The van der Waals surface area contributed by atoms with E-state index >= 15 is 0 Å². The maximum absolute atomic E-state index is 13.0. The van der Waals surface area contributed by atoms with Crippen molar-refractivity contribution in [2.75, 3.05) is 20.2 Å². The molecule has 1 N–H and O–H groups in total. The summed E-state index contributed by atoms with van der Waals surface area (Å²) in [5, 5.41) is 14.3. The summed E-state index contributed by atoms with van der Waals surface area (Å²) < 4.78 is 10.2. The second-order valence-corrected chi connectivity index (χ2v) is 7.05. The number of amides is 1. The van der Waals surface area contributed by atoms with Gasteiger partial charge in [-0.05, 0) is 51.0 Å². The Balaban J connectivity index is 1.82. The molecule has 6 heteroatoms. The molecule has 3 rings (SSSR count). The summed E-state index contributed by atoms with van der Waals surface area (Å²) in [7, 11) is 1.61. The SMILES string of the molecule is COc1ccc(-c2nocc2C(=O)N2CCCC(C(C)(C)O)C2)cc1. The maximum atomic E-state index is 13.0. The fourth-order valence-corrected chi connectivity index (χ4v) is 3.25. The van der Waals surface area contributed by atoms with Gasteiger partial charge in [-0.3, -0.25) is 4.79 Å². The largest absolute Gasteiger partial charge is 0.497 e. The normalized spacial score (nSPS) is 18.2. The molecular weight excluding hydrogens is 320 g/mol. The summed E-state index contributed by atoms with van der Waals surface area (Å²) in [6.07, 6.45) is 3.20. The topological polar surface area (TPSA) is 75.8 Å². The number of methoxy groups -OCH3 is 1. The zero-order chi connectivity index (χ0) is 18.0. The number of carbonyl (C=O) groups excluding carboxylic acids is 1. The summed E-state index contributed by atoms with van der Waals surface area (Å²) in [5.41, 5.74) is 0.973. The Hall–Kier alpha value is -2.34. The first-order valence-corrected chi connectivity index (χ1v) is 8.50. The summed E-state index contributed by atoms with van der Waals surface area (Å²) in [5.74, 6) is 0.694. The predicted octanol–water partition coefficient (Wildman–Crippen LogP) is 2.97. The molecule has 1 unspecified atom stereocenters. The van der Waals surface area contributed by atoms with E-state index in [0.717, 1.165) is 24.2 Å². The maximum Gasteiger partial charge on any atom is 0.259 e. The highest BCUT2D eigenvalue weighted by atomic mass is 16.5. The molecule has 0 radical (unpaired) electrons. The molecule has 1 fully saturated rings. The average molecular weight is 344 g/mol. The fraction of sp³-hybridized carbons (Fsp3) is 0.474. The van der Waals surface area contributed by atoms with Gasteiger partial charge in [-0.25, -0.2) is 0 Å². The van der Waals surface area contributed by atoms with Gasteiger partial charge in [0.15, 0.2) is 0 Å². The molecule has 2 aromatic rings. The molecule has 1 aromatic carbocycles. The number of piperidine rings is 1. The van der Waals surface area contributed by atoms with Crippen molar-refractivity contribution in [1.29, 1.82) is 0 Å². The Morgan fingerprint density at radius 3 is 2.72 bits per heavy atom. The number of carbonyl (C=O) groups is 1. The lowest BCUT2D eigenvalue weighted by molar-refractivity contribution is -0.0146. The first-order valence-electron chi connectivity index (χ1n) is 8.50. The monoisotopic (exact) mass is 344 g/mol. The Labute approximate surface area is 147 Å². The van der Waals surface area contributed by atoms with Gasteiger partial charge in [-0.1, -0.05) is 5.16 Å². The van der Waals surface area contributed by atoms with Crippen LogP contribution in [0, 0.1) is 5.92 Å². The minimum absolute atomic E-state index is 0.0643. The van der Waals surface area contributed by atoms with E-state index in [9.17, 15) is 9.90 Å². The lowest BCUT2D eigenvalue weighted by Gasteiger charge is -2.38. The average Bonchev–Trinajstić information content (AvgIpc) is 3.10. The highest BCUT2D eigenvalue weighted by molar-refractivity contribution is 5.99. The zero-order valence-corrected chi connectivity index (χ0v) is 14.9. The number of hydrogen-bond donors (Lipinski definition) is 1. The van der Waals surface area contributed by atoms with Crippen LogP contribution in [0.4, 0.5) is 0 Å². The number of benzene rings is 1. The number of aromatic nitrogens is 1. The molecule has 2 heterocycles. The van der Waals surface area contributed by atoms with Crippen LogP contribution in [-0.4, -0.2) is 46.9 Å². The highest BCUT2D eigenvalue weighted by Crippen LogP contribution is 2.30. The van der Waals surface area contributed by atoms with Crippen molar-refractivity contribution in [3.05, 3.63) is 36.1 Å². The van der Waals surface area contributed by atoms with E-state index in [2.05, 4.69) is 5.16 Å². The van der Waals surface area contributed by atoms with E-state index in [1.54, 1.807) is 25.9 Å². The van der Waals surface area contributed by atoms with Crippen LogP contribution in [-0.2, 0) is 0 Å². The number of ether oxygens (including phenoxy) is 1. The van der Waals surface area contributed by atoms with E-state index in [-0.39, 0.29) is 11.8 Å². The number of rotatable bonds is 4. The van der Waals surface area contributed by atoms with E-state index in [1.165, 1.54) is 6.26 Å². The first kappa shape index (κ1) is 17.5. The molecule has 0 bridgehead atoms. The molecular formula is C19H24N2O4. The lowest BCUT2D eigenvalue weighted by Crippen LogP contribution is -2.46. The van der Waals surface area contributed by atoms with Crippen molar-refractivity contribution in [1.82, 2.24) is 10.1 Å². The van der Waals surface area contributed by atoms with Crippen LogP contribution >= 0.6 is 0 Å². The molecule has 0 saturated carbocycles. The summed E-state index contributed by atoms with van der Waals surface area (Å²) in [6.45, 7) is 4.82. The van der Waals surface area contributed by atoms with Crippen molar-refractivity contribution < 1.29 is 19.2 Å². The third kappa shape index (κ3) is 3.69. The van der Waals surface area contributed by atoms with Crippen molar-refractivity contribution in [3.63, 3.8) is 0 Å². The smallest absolute Gasteiger partial charge is 0.259 e. The van der Waals surface area contributed by atoms with Crippen LogP contribution < -0.4 is 4.74 Å². The van der Waals surface area contributed by atoms with Crippen LogP contribution in [0.2, 0.25) is 0 Å². The van der Waals surface area contributed by atoms with Gasteiger partial charge in [0.2, 0.25) is 0 Å². The van der Waals surface area contributed by atoms with Crippen molar-refractivity contribution in [2.45, 2.75) is 32.3 Å². The Bertz CT molecular complexity index is 731. The standard InChI is InChI=1S/C19H24N2O4/c1-19(2,23)14-5-4-10-21(11-14)18(22)16-12-25-20-17(16)13-6-8-15(24-3)9-7-13/h6-9,12,14,23H,4-5,10-11H2,1-3H3. The van der Waals surface area contributed by atoms with Crippen molar-refractivity contribution >= 4 is 5.91 Å². The molecule has 1 amide bonds. The van der Waals surface area contributed by atoms with Crippen LogP contribution in [0.15, 0.2) is 35.1 Å². The fourth-order valence-electron chi connectivity index (χ4n) is 3.25. The van der Waals surface area contributed by atoms with Gasteiger partial charge in [-0.15, -0.1) is 0 Å². The molecule has 25 heavy (non-hydrogen) atoms. The Morgan fingerprint density at radius 1 is 1.36 bits per heavy atom. The minimum Gasteiger partial charge on any atom is -0.497 e. The third-order valence-electron chi connectivity index (χ3n) is 4.87. The van der Waals surface area contributed by atoms with E-state index in [1.807, 2.05) is 24.3 Å². The third-order valence-corrected chi connectivity index (χ3v) is 4.87. The number of hydrogen-bond acceptors (Lipinski definition) is 5. The van der Waals surface area contributed by atoms with Gasteiger partial charge in [0.25, 0.3) is 5.91 Å². The highest BCUT2D eigenvalue weighted by Gasteiger charge is 2.34. The summed E-state index contributed by atoms with van der Waals surface area (Å²) >= 11 is 0. The molecule has 1 atom stereocenters. The van der Waals surface area contributed by atoms with Crippen LogP contribution in [0.3, 0.4) is 0 Å². The second-order valence-electron chi connectivity index (χ2n) is 7.05. The quantitative estimate of drug-likeness (QED) is 0.923. The van der Waals surface area contributed by atoms with E-state index in [4.69, 9.17) is 9.26 Å². The first-order chi connectivity index (χ1) is 11.9.